The molecule has 6 heteroatoms. The molecule has 0 bridgehead atoms. The minimum atomic E-state index is -4.18. The van der Waals surface area contributed by atoms with Gasteiger partial charge in [-0.15, -0.1) is 0 Å². The van der Waals surface area contributed by atoms with Gasteiger partial charge in [0.05, 0.1) is 11.4 Å². The van der Waals surface area contributed by atoms with Gasteiger partial charge in [-0.25, -0.2) is 0 Å². The molecule has 0 radical (unpaired) electrons. The highest BCUT2D eigenvalue weighted by Crippen LogP contribution is 2.15. The summed E-state index contributed by atoms with van der Waals surface area (Å²) in [5.74, 6) is 0. The van der Waals surface area contributed by atoms with E-state index in [0.717, 1.165) is 6.20 Å². The van der Waals surface area contributed by atoms with Crippen LogP contribution in [0.4, 0.5) is 0 Å². The van der Waals surface area contributed by atoms with E-state index in [4.69, 9.17) is 4.55 Å². The zero-order valence-electron chi connectivity index (χ0n) is 8.11. The largest absolute Gasteiger partial charge is 0.296 e. The summed E-state index contributed by atoms with van der Waals surface area (Å²) in [5, 5.41) is 0. The van der Waals surface area contributed by atoms with Crippen LogP contribution in [0.25, 0.3) is 11.4 Å². The van der Waals surface area contributed by atoms with Crippen molar-refractivity contribution in [2.24, 2.45) is 0 Å². The van der Waals surface area contributed by atoms with Crippen LogP contribution in [0.2, 0.25) is 0 Å². The van der Waals surface area contributed by atoms with E-state index >= 15 is 0 Å². The molecule has 0 aliphatic rings. The second-order valence-electron chi connectivity index (χ2n) is 3.07. The summed E-state index contributed by atoms with van der Waals surface area (Å²) >= 11 is 0. The predicted octanol–water partition coefficient (Wildman–Crippen LogP) is 1.39. The van der Waals surface area contributed by atoms with Crippen molar-refractivity contribution in [2.45, 2.75) is 4.90 Å². The van der Waals surface area contributed by atoms with Crippen molar-refractivity contribution >= 4 is 10.1 Å². The van der Waals surface area contributed by atoms with E-state index in [0.29, 0.717) is 11.4 Å². The van der Waals surface area contributed by atoms with Crippen LogP contribution in [-0.2, 0) is 10.1 Å². The molecule has 0 fully saturated rings. The zero-order chi connectivity index (χ0) is 11.6. The highest BCUT2D eigenvalue weighted by Gasteiger charge is 2.10. The van der Waals surface area contributed by atoms with Gasteiger partial charge in [0.1, 0.15) is 4.90 Å². The summed E-state index contributed by atoms with van der Waals surface area (Å²) in [4.78, 5) is 7.75. The summed E-state index contributed by atoms with van der Waals surface area (Å²) in [6.45, 7) is 0. The van der Waals surface area contributed by atoms with E-state index in [1.807, 2.05) is 0 Å². The van der Waals surface area contributed by atoms with Crippen molar-refractivity contribution in [2.75, 3.05) is 0 Å². The van der Waals surface area contributed by atoms with Gasteiger partial charge in [-0.2, -0.15) is 8.42 Å². The van der Waals surface area contributed by atoms with Crippen molar-refractivity contribution in [3.63, 3.8) is 0 Å². The Bertz CT molecular complexity index is 579. The minimum Gasteiger partial charge on any atom is -0.282 e. The Balaban J connectivity index is 2.41. The Hall–Kier alpha value is -1.79. The molecule has 2 aromatic heterocycles. The molecule has 0 saturated heterocycles. The summed E-state index contributed by atoms with van der Waals surface area (Å²) in [6.07, 6.45) is 2.72. The molecule has 0 atom stereocenters. The summed E-state index contributed by atoms with van der Waals surface area (Å²) < 4.78 is 30.3. The third kappa shape index (κ3) is 2.23. The summed E-state index contributed by atoms with van der Waals surface area (Å²) in [6, 6.07) is 8.12. The first kappa shape index (κ1) is 10.7. The first-order valence-corrected chi connectivity index (χ1v) is 5.86. The Morgan fingerprint density at radius 2 is 1.75 bits per heavy atom. The summed E-state index contributed by atoms with van der Waals surface area (Å²) in [7, 11) is -4.18. The first-order valence-electron chi connectivity index (χ1n) is 4.42. The molecule has 0 amide bonds. The second-order valence-corrected chi connectivity index (χ2v) is 4.49. The Morgan fingerprint density at radius 1 is 1.00 bits per heavy atom. The third-order valence-electron chi connectivity index (χ3n) is 1.96. The predicted molar refractivity (Wildman–Crippen MR) is 57.3 cm³/mol. The van der Waals surface area contributed by atoms with Crippen molar-refractivity contribution in [3.05, 3.63) is 42.7 Å². The van der Waals surface area contributed by atoms with Crippen LogP contribution in [0.15, 0.2) is 47.6 Å². The number of hydrogen-bond donors (Lipinski definition) is 1. The van der Waals surface area contributed by atoms with Crippen molar-refractivity contribution in [1.29, 1.82) is 0 Å². The lowest BCUT2D eigenvalue weighted by Gasteiger charge is -2.00. The van der Waals surface area contributed by atoms with E-state index in [2.05, 4.69) is 9.97 Å². The quantitative estimate of drug-likeness (QED) is 0.797. The van der Waals surface area contributed by atoms with E-state index in [-0.39, 0.29) is 4.90 Å². The van der Waals surface area contributed by atoms with Gasteiger partial charge >= 0.3 is 0 Å². The normalized spacial score (nSPS) is 11.3. The molecule has 0 spiro atoms. The molecule has 5 nitrogen and oxygen atoms in total. The van der Waals surface area contributed by atoms with Crippen molar-refractivity contribution in [1.82, 2.24) is 9.97 Å². The Kier molecular flexibility index (Phi) is 2.67. The van der Waals surface area contributed by atoms with Crippen LogP contribution in [0.5, 0.6) is 0 Å². The van der Waals surface area contributed by atoms with Crippen LogP contribution in [0.1, 0.15) is 0 Å². The molecular weight excluding hydrogens is 228 g/mol. The lowest BCUT2D eigenvalue weighted by Crippen LogP contribution is -1.99. The third-order valence-corrected chi connectivity index (χ3v) is 2.80. The smallest absolute Gasteiger partial charge is 0.282 e. The van der Waals surface area contributed by atoms with Crippen LogP contribution >= 0.6 is 0 Å². The maximum Gasteiger partial charge on any atom is 0.296 e. The summed E-state index contributed by atoms with van der Waals surface area (Å²) in [5.41, 5.74) is 1.19. The number of nitrogens with zero attached hydrogens (tertiary/aromatic N) is 2. The molecule has 1 N–H and O–H groups in total. The van der Waals surface area contributed by atoms with Gasteiger partial charge in [0.25, 0.3) is 10.1 Å². The molecule has 2 heterocycles. The van der Waals surface area contributed by atoms with Gasteiger partial charge in [-0.05, 0) is 24.3 Å². The maximum absolute atomic E-state index is 10.8. The molecule has 16 heavy (non-hydrogen) atoms. The van der Waals surface area contributed by atoms with Gasteiger partial charge in [-0.1, -0.05) is 6.07 Å². The highest BCUT2D eigenvalue weighted by molar-refractivity contribution is 7.85. The fraction of sp³-hybridized carbons (Fsp3) is 0. The minimum absolute atomic E-state index is 0.229. The molecule has 2 aromatic rings. The molecular formula is C10H8N2O3S. The number of rotatable bonds is 2. The van der Waals surface area contributed by atoms with E-state index in [1.54, 1.807) is 24.4 Å². The van der Waals surface area contributed by atoms with Crippen molar-refractivity contribution in [3.8, 4) is 11.4 Å². The second kappa shape index (κ2) is 3.99. The lowest BCUT2D eigenvalue weighted by atomic mass is 10.2. The van der Waals surface area contributed by atoms with Gasteiger partial charge in [0.15, 0.2) is 0 Å². The van der Waals surface area contributed by atoms with E-state index in [9.17, 15) is 8.42 Å². The van der Waals surface area contributed by atoms with Crippen molar-refractivity contribution < 1.29 is 13.0 Å². The molecule has 0 aliphatic heterocycles. The molecule has 0 aliphatic carbocycles. The van der Waals surface area contributed by atoms with Gasteiger partial charge in [-0.3, -0.25) is 14.5 Å². The van der Waals surface area contributed by atoms with E-state index in [1.165, 1.54) is 12.1 Å². The van der Waals surface area contributed by atoms with Gasteiger partial charge in [0.2, 0.25) is 0 Å². The van der Waals surface area contributed by atoms with Crippen LogP contribution in [0, 0.1) is 0 Å². The molecule has 2 rings (SSSR count). The standard InChI is InChI=1S/C10H8N2O3S/c13-16(14,15)8-4-5-10(12-7-8)9-3-1-2-6-11-9/h1-7H,(H,13,14,15). The molecule has 0 unspecified atom stereocenters. The molecule has 0 saturated carbocycles. The first-order chi connectivity index (χ1) is 7.57. The number of aromatic nitrogens is 2. The average molecular weight is 236 g/mol. The maximum atomic E-state index is 10.8. The van der Waals surface area contributed by atoms with Crippen LogP contribution in [0.3, 0.4) is 0 Å². The molecule has 0 aromatic carbocycles. The van der Waals surface area contributed by atoms with Crippen LogP contribution in [-0.4, -0.2) is 22.9 Å². The topological polar surface area (TPSA) is 80.2 Å². The SMILES string of the molecule is O=S(=O)(O)c1ccc(-c2ccccn2)nc1. The molecule has 82 valence electrons. The fourth-order valence-electron chi connectivity index (χ4n) is 1.20. The monoisotopic (exact) mass is 236 g/mol. The van der Waals surface area contributed by atoms with Gasteiger partial charge in [0, 0.05) is 12.4 Å². The highest BCUT2D eigenvalue weighted by atomic mass is 32.2. The number of hydrogen-bond acceptors (Lipinski definition) is 4. The van der Waals surface area contributed by atoms with Gasteiger partial charge < -0.3 is 0 Å². The average Bonchev–Trinajstić information content (AvgIpc) is 2.29. The fourth-order valence-corrected chi connectivity index (χ4v) is 1.62. The zero-order valence-corrected chi connectivity index (χ0v) is 8.92. The Labute approximate surface area is 92.6 Å². The Morgan fingerprint density at radius 3 is 2.25 bits per heavy atom. The number of pyridine rings is 2. The van der Waals surface area contributed by atoms with E-state index < -0.39 is 10.1 Å². The lowest BCUT2D eigenvalue weighted by molar-refractivity contribution is 0.483. The van der Waals surface area contributed by atoms with Crippen LogP contribution < -0.4 is 0 Å².